The van der Waals surface area contributed by atoms with Crippen LogP contribution in [0.5, 0.6) is 0 Å². The van der Waals surface area contributed by atoms with Gasteiger partial charge in [0, 0.05) is 32.4 Å². The zero-order valence-corrected chi connectivity index (χ0v) is 15.5. The Bertz CT molecular complexity index is 654. The van der Waals surface area contributed by atoms with Gasteiger partial charge in [-0.15, -0.1) is 0 Å². The summed E-state index contributed by atoms with van der Waals surface area (Å²) in [7, 11) is 1.77. The van der Waals surface area contributed by atoms with E-state index in [0.29, 0.717) is 25.6 Å². The van der Waals surface area contributed by atoms with E-state index < -0.39 is 0 Å². The number of rotatable bonds is 3. The number of morpholine rings is 1. The first-order valence-corrected chi connectivity index (χ1v) is 9.24. The van der Waals surface area contributed by atoms with Crippen LogP contribution in [0.4, 0.5) is 0 Å². The van der Waals surface area contributed by atoms with Crippen molar-refractivity contribution >= 4 is 5.91 Å². The summed E-state index contributed by atoms with van der Waals surface area (Å²) in [6, 6.07) is 3.80. The molecule has 25 heavy (non-hydrogen) atoms. The Morgan fingerprint density at radius 1 is 1.20 bits per heavy atom. The largest absolute Gasteiger partial charge is 0.372 e. The van der Waals surface area contributed by atoms with E-state index in [2.05, 4.69) is 4.90 Å². The van der Waals surface area contributed by atoms with Gasteiger partial charge in [0.15, 0.2) is 0 Å². The van der Waals surface area contributed by atoms with Gasteiger partial charge in [0.1, 0.15) is 0 Å². The van der Waals surface area contributed by atoms with Gasteiger partial charge in [-0.05, 0) is 57.3 Å². The Kier molecular flexibility index (Phi) is 5.59. The first-order chi connectivity index (χ1) is 11.9. The molecule has 1 aromatic heterocycles. The van der Waals surface area contributed by atoms with Crippen molar-refractivity contribution in [3.8, 4) is 0 Å². The fourth-order valence-electron chi connectivity index (χ4n) is 3.91. The molecule has 0 radical (unpaired) electrons. The molecule has 2 fully saturated rings. The van der Waals surface area contributed by atoms with Crippen LogP contribution >= 0.6 is 0 Å². The van der Waals surface area contributed by atoms with Crippen LogP contribution in [0.25, 0.3) is 0 Å². The molecule has 6 heteroatoms. The molecule has 0 N–H and O–H groups in total. The van der Waals surface area contributed by atoms with E-state index in [9.17, 15) is 9.59 Å². The van der Waals surface area contributed by atoms with Crippen LogP contribution < -0.4 is 5.56 Å². The summed E-state index contributed by atoms with van der Waals surface area (Å²) in [6.45, 7) is 7.71. The van der Waals surface area contributed by atoms with E-state index in [1.807, 2.05) is 31.0 Å². The molecule has 0 spiro atoms. The summed E-state index contributed by atoms with van der Waals surface area (Å²) < 4.78 is 7.30. The van der Waals surface area contributed by atoms with Crippen molar-refractivity contribution in [1.82, 2.24) is 14.4 Å². The molecule has 1 amide bonds. The predicted octanol–water partition coefficient (Wildman–Crippen LogP) is 1.20. The molecule has 6 nitrogen and oxygen atoms in total. The van der Waals surface area contributed by atoms with Crippen LogP contribution in [-0.4, -0.2) is 65.2 Å². The molecule has 138 valence electrons. The lowest BCUT2D eigenvalue weighted by Crippen LogP contribution is -2.51. The van der Waals surface area contributed by atoms with Crippen molar-refractivity contribution in [3.05, 3.63) is 34.2 Å². The highest BCUT2D eigenvalue weighted by atomic mass is 16.5. The second-order valence-electron chi connectivity index (χ2n) is 7.52. The highest BCUT2D eigenvalue weighted by Crippen LogP contribution is 2.27. The molecule has 1 aromatic rings. The van der Waals surface area contributed by atoms with E-state index in [0.717, 1.165) is 31.5 Å². The first kappa shape index (κ1) is 18.1. The van der Waals surface area contributed by atoms with Gasteiger partial charge in [0.05, 0.1) is 18.8 Å². The number of ether oxygens (including phenoxy) is 1. The minimum atomic E-state index is 0.0469. The number of pyridine rings is 1. The summed E-state index contributed by atoms with van der Waals surface area (Å²) >= 11 is 0. The van der Waals surface area contributed by atoms with Gasteiger partial charge >= 0.3 is 0 Å². The van der Waals surface area contributed by atoms with Crippen molar-refractivity contribution < 1.29 is 9.53 Å². The molecule has 0 aliphatic carbocycles. The maximum Gasteiger partial charge on any atom is 0.250 e. The summed E-state index contributed by atoms with van der Waals surface area (Å²) in [5, 5.41) is 0. The monoisotopic (exact) mass is 347 g/mol. The molecule has 0 saturated carbocycles. The van der Waals surface area contributed by atoms with E-state index >= 15 is 0 Å². The predicted molar refractivity (Wildman–Crippen MR) is 96.7 cm³/mol. The lowest BCUT2D eigenvalue weighted by atomic mass is 9.90. The number of likely N-dealkylation sites (tertiary alicyclic amines) is 1. The second kappa shape index (κ2) is 7.70. The summed E-state index contributed by atoms with van der Waals surface area (Å²) in [5.74, 6) is 0.623. The standard InChI is InChI=1S/C19H29N3O3/c1-14-11-22(12-15(2)25-14)19(24)13-21-8-5-16(6-9-21)17-4-7-20(3)18(23)10-17/h4,7,10,14-16H,5-6,8-9,11-13H2,1-3H3/t14-,15+. The highest BCUT2D eigenvalue weighted by molar-refractivity contribution is 5.78. The van der Waals surface area contributed by atoms with Crippen molar-refractivity contribution in [2.75, 3.05) is 32.7 Å². The molecular weight excluding hydrogens is 318 g/mol. The molecule has 0 unspecified atom stereocenters. The minimum Gasteiger partial charge on any atom is -0.372 e. The molecule has 0 bridgehead atoms. The van der Waals surface area contributed by atoms with Crippen LogP contribution in [0, 0.1) is 0 Å². The minimum absolute atomic E-state index is 0.0469. The number of carbonyl (C=O) groups is 1. The fraction of sp³-hybridized carbons (Fsp3) is 0.684. The summed E-state index contributed by atoms with van der Waals surface area (Å²) in [4.78, 5) is 28.6. The third-order valence-electron chi connectivity index (χ3n) is 5.32. The van der Waals surface area contributed by atoms with Gasteiger partial charge in [-0.3, -0.25) is 14.5 Å². The Balaban J connectivity index is 1.51. The number of aryl methyl sites for hydroxylation is 1. The number of nitrogens with zero attached hydrogens (tertiary/aromatic N) is 3. The molecule has 2 aliphatic rings. The topological polar surface area (TPSA) is 54.8 Å². The number of amides is 1. The summed E-state index contributed by atoms with van der Waals surface area (Å²) in [5.41, 5.74) is 1.18. The van der Waals surface area contributed by atoms with Crippen molar-refractivity contribution in [2.45, 2.75) is 44.8 Å². The maximum atomic E-state index is 12.6. The van der Waals surface area contributed by atoms with E-state index in [1.165, 1.54) is 0 Å². The van der Waals surface area contributed by atoms with Crippen LogP contribution in [0.2, 0.25) is 0 Å². The Hall–Kier alpha value is -1.66. The Morgan fingerprint density at radius 3 is 2.44 bits per heavy atom. The number of carbonyl (C=O) groups excluding carboxylic acids is 1. The lowest BCUT2D eigenvalue weighted by molar-refractivity contribution is -0.144. The van der Waals surface area contributed by atoms with E-state index in [4.69, 9.17) is 4.74 Å². The molecule has 2 saturated heterocycles. The van der Waals surface area contributed by atoms with Gasteiger partial charge in [-0.2, -0.15) is 0 Å². The van der Waals surface area contributed by atoms with Crippen LogP contribution in [-0.2, 0) is 16.6 Å². The molecule has 3 rings (SSSR count). The first-order valence-electron chi connectivity index (χ1n) is 9.24. The van der Waals surface area contributed by atoms with Crippen molar-refractivity contribution in [2.24, 2.45) is 7.05 Å². The normalized spacial score (nSPS) is 26.0. The molecule has 0 aromatic carbocycles. The highest BCUT2D eigenvalue weighted by Gasteiger charge is 2.28. The fourth-order valence-corrected chi connectivity index (χ4v) is 3.91. The number of hydrogen-bond donors (Lipinski definition) is 0. The molecular formula is C19H29N3O3. The molecule has 2 atom stereocenters. The number of piperidine rings is 1. The van der Waals surface area contributed by atoms with E-state index in [-0.39, 0.29) is 23.7 Å². The van der Waals surface area contributed by atoms with Crippen LogP contribution in [0.1, 0.15) is 38.2 Å². The average molecular weight is 347 g/mol. The SMILES string of the molecule is C[C@@H]1CN(C(=O)CN2CCC(c3ccn(C)c(=O)c3)CC2)C[C@H](C)O1. The average Bonchev–Trinajstić information content (AvgIpc) is 2.57. The third-order valence-corrected chi connectivity index (χ3v) is 5.32. The maximum absolute atomic E-state index is 12.6. The Labute approximate surface area is 149 Å². The van der Waals surface area contributed by atoms with Gasteiger partial charge in [-0.1, -0.05) is 0 Å². The Morgan fingerprint density at radius 2 is 1.84 bits per heavy atom. The van der Waals surface area contributed by atoms with Crippen molar-refractivity contribution in [1.29, 1.82) is 0 Å². The zero-order valence-electron chi connectivity index (χ0n) is 15.5. The molecule has 2 aliphatic heterocycles. The van der Waals surface area contributed by atoms with Gasteiger partial charge < -0.3 is 14.2 Å². The van der Waals surface area contributed by atoms with Gasteiger partial charge in [0.2, 0.25) is 5.91 Å². The third kappa shape index (κ3) is 4.50. The second-order valence-corrected chi connectivity index (χ2v) is 7.52. The van der Waals surface area contributed by atoms with Crippen LogP contribution in [0.3, 0.4) is 0 Å². The smallest absolute Gasteiger partial charge is 0.250 e. The quantitative estimate of drug-likeness (QED) is 0.824. The van der Waals surface area contributed by atoms with Crippen LogP contribution in [0.15, 0.2) is 23.1 Å². The summed E-state index contributed by atoms with van der Waals surface area (Å²) in [6.07, 6.45) is 4.05. The lowest BCUT2D eigenvalue weighted by Gasteiger charge is -2.37. The van der Waals surface area contributed by atoms with Gasteiger partial charge in [-0.25, -0.2) is 0 Å². The molecule has 3 heterocycles. The van der Waals surface area contributed by atoms with Crippen molar-refractivity contribution in [3.63, 3.8) is 0 Å². The number of hydrogen-bond acceptors (Lipinski definition) is 4. The van der Waals surface area contributed by atoms with E-state index in [1.54, 1.807) is 17.7 Å². The zero-order chi connectivity index (χ0) is 18.0. The number of aromatic nitrogens is 1. The van der Waals surface area contributed by atoms with Gasteiger partial charge in [0.25, 0.3) is 5.56 Å².